The van der Waals surface area contributed by atoms with Crippen LogP contribution in [0.25, 0.3) is 0 Å². The van der Waals surface area contributed by atoms with E-state index in [2.05, 4.69) is 11.4 Å². The van der Waals surface area contributed by atoms with Gasteiger partial charge in [-0.1, -0.05) is 23.8 Å². The number of methoxy groups -OCH3 is 1. The van der Waals surface area contributed by atoms with Crippen molar-refractivity contribution >= 4 is 5.97 Å². The smallest absolute Gasteiger partial charge is 0.325 e. The molecule has 21 heavy (non-hydrogen) atoms. The summed E-state index contributed by atoms with van der Waals surface area (Å²) in [5.41, 5.74) is 2.20. The molecule has 4 heteroatoms. The molecular formula is C17H23NO3. The van der Waals surface area contributed by atoms with Gasteiger partial charge in [0.05, 0.1) is 7.11 Å². The quantitative estimate of drug-likeness (QED) is 0.756. The van der Waals surface area contributed by atoms with Crippen LogP contribution in [-0.4, -0.2) is 24.7 Å². The predicted octanol–water partition coefficient (Wildman–Crippen LogP) is 3.30. The Labute approximate surface area is 125 Å². The number of nitrogens with one attached hydrogen (secondary N) is 1. The van der Waals surface area contributed by atoms with E-state index in [0.29, 0.717) is 6.54 Å². The average molecular weight is 289 g/mol. The number of benzene rings is 1. The second-order valence-corrected chi connectivity index (χ2v) is 5.36. The number of allylic oxidation sites excluding steroid dienone is 1. The fourth-order valence-electron chi connectivity index (χ4n) is 2.65. The molecule has 4 nitrogen and oxygen atoms in total. The van der Waals surface area contributed by atoms with Crippen LogP contribution in [-0.2, 0) is 4.79 Å². The van der Waals surface area contributed by atoms with Gasteiger partial charge in [0, 0.05) is 0 Å². The molecule has 2 rings (SSSR count). The lowest BCUT2D eigenvalue weighted by molar-refractivity contribution is -0.139. The Kier molecular flexibility index (Phi) is 5.81. The maximum absolute atomic E-state index is 11.4. The Bertz CT molecular complexity index is 493. The van der Waals surface area contributed by atoms with Crippen molar-refractivity contribution in [2.24, 2.45) is 0 Å². The van der Waals surface area contributed by atoms with E-state index in [-0.39, 0.29) is 0 Å². The lowest BCUT2D eigenvalue weighted by Gasteiger charge is -2.17. The van der Waals surface area contributed by atoms with E-state index in [1.165, 1.54) is 18.4 Å². The van der Waals surface area contributed by atoms with Crippen LogP contribution in [0, 0.1) is 0 Å². The summed E-state index contributed by atoms with van der Waals surface area (Å²) < 4.78 is 5.09. The molecule has 0 fully saturated rings. The van der Waals surface area contributed by atoms with Gasteiger partial charge in [0.25, 0.3) is 0 Å². The Morgan fingerprint density at radius 3 is 2.67 bits per heavy atom. The summed E-state index contributed by atoms with van der Waals surface area (Å²) in [6.45, 7) is 0.689. The van der Waals surface area contributed by atoms with Gasteiger partial charge in [-0.2, -0.15) is 0 Å². The van der Waals surface area contributed by atoms with Crippen molar-refractivity contribution in [3.63, 3.8) is 0 Å². The molecular weight excluding hydrogens is 266 g/mol. The molecule has 1 aromatic carbocycles. The number of carboxylic acid groups (broad SMARTS) is 1. The van der Waals surface area contributed by atoms with Crippen molar-refractivity contribution in [1.29, 1.82) is 0 Å². The topological polar surface area (TPSA) is 58.6 Å². The highest BCUT2D eigenvalue weighted by molar-refractivity contribution is 5.75. The van der Waals surface area contributed by atoms with Crippen molar-refractivity contribution in [1.82, 2.24) is 5.32 Å². The SMILES string of the molecule is COc1ccc(C(NCCC2=CCCCC2)C(=O)O)cc1. The Balaban J connectivity index is 1.92. The first kappa shape index (κ1) is 15.6. The van der Waals surface area contributed by atoms with Gasteiger partial charge in [0.15, 0.2) is 0 Å². The minimum atomic E-state index is -0.849. The summed E-state index contributed by atoms with van der Waals surface area (Å²) in [4.78, 5) is 11.4. The van der Waals surface area contributed by atoms with Gasteiger partial charge in [-0.05, 0) is 56.3 Å². The second-order valence-electron chi connectivity index (χ2n) is 5.36. The van der Waals surface area contributed by atoms with Crippen LogP contribution in [0.2, 0.25) is 0 Å². The predicted molar refractivity (Wildman–Crippen MR) is 82.5 cm³/mol. The van der Waals surface area contributed by atoms with E-state index < -0.39 is 12.0 Å². The lowest BCUT2D eigenvalue weighted by Crippen LogP contribution is -2.29. The molecule has 114 valence electrons. The molecule has 0 spiro atoms. The molecule has 0 amide bonds. The van der Waals surface area contributed by atoms with Gasteiger partial charge in [-0.15, -0.1) is 0 Å². The van der Waals surface area contributed by atoms with Crippen LogP contribution < -0.4 is 10.1 Å². The van der Waals surface area contributed by atoms with Crippen LogP contribution in [0.1, 0.15) is 43.7 Å². The Hall–Kier alpha value is -1.81. The third-order valence-corrected chi connectivity index (χ3v) is 3.88. The number of carboxylic acids is 1. The monoisotopic (exact) mass is 289 g/mol. The van der Waals surface area contributed by atoms with E-state index >= 15 is 0 Å². The summed E-state index contributed by atoms with van der Waals surface area (Å²) in [6.07, 6.45) is 8.08. The molecule has 1 atom stereocenters. The van der Waals surface area contributed by atoms with E-state index in [1.54, 1.807) is 31.4 Å². The fourth-order valence-corrected chi connectivity index (χ4v) is 2.65. The molecule has 0 heterocycles. The molecule has 0 aromatic heterocycles. The highest BCUT2D eigenvalue weighted by Crippen LogP contribution is 2.21. The first-order valence-corrected chi connectivity index (χ1v) is 7.49. The largest absolute Gasteiger partial charge is 0.497 e. The molecule has 0 radical (unpaired) electrons. The molecule has 1 aliphatic rings. The maximum atomic E-state index is 11.4. The zero-order chi connectivity index (χ0) is 15.1. The molecule has 0 saturated carbocycles. The normalized spacial score (nSPS) is 16.1. The van der Waals surface area contributed by atoms with Gasteiger partial charge >= 0.3 is 5.97 Å². The van der Waals surface area contributed by atoms with Gasteiger partial charge in [-0.25, -0.2) is 0 Å². The molecule has 0 saturated heterocycles. The standard InChI is InChI=1S/C17H23NO3/c1-21-15-9-7-14(8-10-15)16(17(19)20)18-12-11-13-5-3-2-4-6-13/h5,7-10,16,18H,2-4,6,11-12H2,1H3,(H,19,20). The summed E-state index contributed by atoms with van der Waals surface area (Å²) in [7, 11) is 1.60. The van der Waals surface area contributed by atoms with Gasteiger partial charge in [0.1, 0.15) is 11.8 Å². The highest BCUT2D eigenvalue weighted by Gasteiger charge is 2.19. The van der Waals surface area contributed by atoms with Crippen molar-refractivity contribution < 1.29 is 14.6 Å². The van der Waals surface area contributed by atoms with Crippen LogP contribution in [0.3, 0.4) is 0 Å². The first-order chi connectivity index (χ1) is 10.2. The average Bonchev–Trinajstić information content (AvgIpc) is 2.52. The summed E-state index contributed by atoms with van der Waals surface area (Å²) >= 11 is 0. The first-order valence-electron chi connectivity index (χ1n) is 7.49. The van der Waals surface area contributed by atoms with E-state index in [4.69, 9.17) is 4.74 Å². The molecule has 1 unspecified atom stereocenters. The van der Waals surface area contributed by atoms with Crippen molar-refractivity contribution in [3.05, 3.63) is 41.5 Å². The van der Waals surface area contributed by atoms with Crippen LogP contribution >= 0.6 is 0 Å². The number of ether oxygens (including phenoxy) is 1. The number of aliphatic carboxylic acids is 1. The minimum Gasteiger partial charge on any atom is -0.497 e. The molecule has 0 aliphatic heterocycles. The number of rotatable bonds is 7. The second kappa shape index (κ2) is 7.84. The van der Waals surface area contributed by atoms with Crippen LogP contribution in [0.5, 0.6) is 5.75 Å². The van der Waals surface area contributed by atoms with E-state index in [1.807, 2.05) is 0 Å². The maximum Gasteiger partial charge on any atom is 0.325 e. The van der Waals surface area contributed by atoms with E-state index in [9.17, 15) is 9.90 Å². The lowest BCUT2D eigenvalue weighted by atomic mass is 9.97. The Morgan fingerprint density at radius 2 is 2.10 bits per heavy atom. The Morgan fingerprint density at radius 1 is 1.33 bits per heavy atom. The third kappa shape index (κ3) is 4.60. The fraction of sp³-hybridized carbons (Fsp3) is 0.471. The molecule has 0 bridgehead atoms. The van der Waals surface area contributed by atoms with Crippen molar-refractivity contribution in [2.45, 2.75) is 38.1 Å². The van der Waals surface area contributed by atoms with Crippen molar-refractivity contribution in [2.75, 3.05) is 13.7 Å². The number of hydrogen-bond acceptors (Lipinski definition) is 3. The van der Waals surface area contributed by atoms with Gasteiger partial charge in [0.2, 0.25) is 0 Å². The summed E-state index contributed by atoms with van der Waals surface area (Å²) in [5, 5.41) is 12.5. The summed E-state index contributed by atoms with van der Waals surface area (Å²) in [5.74, 6) is -0.118. The number of hydrogen-bond donors (Lipinski definition) is 2. The van der Waals surface area contributed by atoms with Crippen LogP contribution in [0.15, 0.2) is 35.9 Å². The number of carbonyl (C=O) groups is 1. The minimum absolute atomic E-state index is 0.667. The summed E-state index contributed by atoms with van der Waals surface area (Å²) in [6, 6.07) is 6.50. The zero-order valence-electron chi connectivity index (χ0n) is 12.5. The van der Waals surface area contributed by atoms with Crippen LogP contribution in [0.4, 0.5) is 0 Å². The molecule has 2 N–H and O–H groups in total. The van der Waals surface area contributed by atoms with Gasteiger partial charge in [-0.3, -0.25) is 4.79 Å². The zero-order valence-corrected chi connectivity index (χ0v) is 12.5. The van der Waals surface area contributed by atoms with Gasteiger partial charge < -0.3 is 15.2 Å². The molecule has 1 aromatic rings. The highest BCUT2D eigenvalue weighted by atomic mass is 16.5. The van der Waals surface area contributed by atoms with Crippen molar-refractivity contribution in [3.8, 4) is 5.75 Å². The van der Waals surface area contributed by atoms with E-state index in [0.717, 1.165) is 30.6 Å². The third-order valence-electron chi connectivity index (χ3n) is 3.88. The molecule has 1 aliphatic carbocycles.